The van der Waals surface area contributed by atoms with Crippen molar-refractivity contribution in [2.45, 2.75) is 33.2 Å². The van der Waals surface area contributed by atoms with Gasteiger partial charge in [0.25, 0.3) is 0 Å². The third-order valence-electron chi connectivity index (χ3n) is 3.38. The van der Waals surface area contributed by atoms with E-state index in [0.29, 0.717) is 13.0 Å². The largest absolute Gasteiger partial charge is 0.496 e. The highest BCUT2D eigenvalue weighted by atomic mass is 16.5. The standard InChI is InChI=1S/C17H26N2O4/c1-5-23-17(21)19-15(12(2)3)16(20)18-11-10-13-8-6-7-9-14(13)22-4/h6-9,12,15H,5,10-11H2,1-4H3,(H,18,20)(H,19,21). The average Bonchev–Trinajstić information content (AvgIpc) is 2.53. The second kappa shape index (κ2) is 9.71. The first-order valence-electron chi connectivity index (χ1n) is 7.82. The minimum absolute atomic E-state index is 0.0364. The summed E-state index contributed by atoms with van der Waals surface area (Å²) in [6.07, 6.45) is 0.0750. The Balaban J connectivity index is 2.54. The van der Waals surface area contributed by atoms with E-state index in [4.69, 9.17) is 9.47 Å². The molecule has 0 aliphatic heterocycles. The molecule has 1 unspecified atom stereocenters. The van der Waals surface area contributed by atoms with Crippen LogP contribution in [0.25, 0.3) is 0 Å². The zero-order chi connectivity index (χ0) is 17.2. The molecular formula is C17H26N2O4. The first kappa shape index (κ1) is 18.8. The van der Waals surface area contributed by atoms with E-state index >= 15 is 0 Å². The van der Waals surface area contributed by atoms with Crippen molar-refractivity contribution in [2.75, 3.05) is 20.3 Å². The molecule has 1 rings (SSSR count). The molecule has 6 heteroatoms. The Morgan fingerprint density at radius 1 is 1.22 bits per heavy atom. The van der Waals surface area contributed by atoms with Crippen LogP contribution >= 0.6 is 0 Å². The summed E-state index contributed by atoms with van der Waals surface area (Å²) in [5.41, 5.74) is 1.02. The van der Waals surface area contributed by atoms with Crippen LogP contribution in [0.15, 0.2) is 24.3 Å². The van der Waals surface area contributed by atoms with Gasteiger partial charge < -0.3 is 20.1 Å². The topological polar surface area (TPSA) is 76.7 Å². The fourth-order valence-electron chi connectivity index (χ4n) is 2.17. The van der Waals surface area contributed by atoms with Crippen molar-refractivity contribution >= 4 is 12.0 Å². The molecule has 0 fully saturated rings. The molecule has 0 bridgehead atoms. The molecule has 2 amide bonds. The summed E-state index contributed by atoms with van der Waals surface area (Å²) in [7, 11) is 1.62. The minimum Gasteiger partial charge on any atom is -0.496 e. The predicted octanol–water partition coefficient (Wildman–Crippen LogP) is 2.12. The second-order valence-corrected chi connectivity index (χ2v) is 5.44. The van der Waals surface area contributed by atoms with Gasteiger partial charge in [0.2, 0.25) is 5.91 Å². The number of carbonyl (C=O) groups is 2. The summed E-state index contributed by atoms with van der Waals surface area (Å²) >= 11 is 0. The second-order valence-electron chi connectivity index (χ2n) is 5.44. The van der Waals surface area contributed by atoms with Crippen LogP contribution in [0.3, 0.4) is 0 Å². The normalized spacial score (nSPS) is 11.7. The molecule has 1 atom stereocenters. The number of rotatable bonds is 8. The molecule has 0 radical (unpaired) electrons. The van der Waals surface area contributed by atoms with Gasteiger partial charge in [0.15, 0.2) is 0 Å². The molecule has 0 saturated heterocycles. The molecule has 0 aliphatic rings. The number of benzene rings is 1. The van der Waals surface area contributed by atoms with E-state index in [1.165, 1.54) is 0 Å². The Hall–Kier alpha value is -2.24. The zero-order valence-electron chi connectivity index (χ0n) is 14.2. The van der Waals surface area contributed by atoms with E-state index < -0.39 is 12.1 Å². The van der Waals surface area contributed by atoms with Gasteiger partial charge in [-0.1, -0.05) is 32.0 Å². The lowest BCUT2D eigenvalue weighted by Crippen LogP contribution is -2.50. The van der Waals surface area contributed by atoms with E-state index in [1.54, 1.807) is 14.0 Å². The van der Waals surface area contributed by atoms with Crippen molar-refractivity contribution in [1.82, 2.24) is 10.6 Å². The number of alkyl carbamates (subject to hydrolysis) is 1. The fraction of sp³-hybridized carbons (Fsp3) is 0.529. The maximum absolute atomic E-state index is 12.3. The van der Waals surface area contributed by atoms with E-state index in [-0.39, 0.29) is 18.4 Å². The molecular weight excluding hydrogens is 296 g/mol. The maximum Gasteiger partial charge on any atom is 0.407 e. The van der Waals surface area contributed by atoms with Gasteiger partial charge in [-0.2, -0.15) is 0 Å². The number of amides is 2. The number of hydrogen-bond donors (Lipinski definition) is 2. The van der Waals surface area contributed by atoms with Gasteiger partial charge in [0.05, 0.1) is 13.7 Å². The molecule has 0 heterocycles. The summed E-state index contributed by atoms with van der Waals surface area (Å²) in [4.78, 5) is 23.8. The van der Waals surface area contributed by atoms with E-state index in [1.807, 2.05) is 38.1 Å². The molecule has 0 saturated carbocycles. The quantitative estimate of drug-likeness (QED) is 0.768. The van der Waals surface area contributed by atoms with Gasteiger partial charge >= 0.3 is 6.09 Å². The lowest BCUT2D eigenvalue weighted by atomic mass is 10.0. The number of hydrogen-bond acceptors (Lipinski definition) is 4. The number of nitrogens with one attached hydrogen (secondary N) is 2. The van der Waals surface area contributed by atoms with Gasteiger partial charge in [-0.3, -0.25) is 4.79 Å². The zero-order valence-corrected chi connectivity index (χ0v) is 14.2. The van der Waals surface area contributed by atoms with E-state index in [9.17, 15) is 9.59 Å². The number of para-hydroxylation sites is 1. The lowest BCUT2D eigenvalue weighted by Gasteiger charge is -2.21. The summed E-state index contributed by atoms with van der Waals surface area (Å²) in [6, 6.07) is 7.06. The number of ether oxygens (including phenoxy) is 2. The first-order chi connectivity index (χ1) is 11.0. The van der Waals surface area contributed by atoms with Crippen LogP contribution in [0.5, 0.6) is 5.75 Å². The van der Waals surface area contributed by atoms with Crippen molar-refractivity contribution in [3.63, 3.8) is 0 Å². The Kier molecular flexibility index (Phi) is 7.94. The summed E-state index contributed by atoms with van der Waals surface area (Å²) in [5.74, 6) is 0.542. The molecule has 0 aliphatic carbocycles. The Labute approximate surface area is 137 Å². The molecule has 0 aromatic heterocycles. The van der Waals surface area contributed by atoms with Crippen molar-refractivity contribution in [1.29, 1.82) is 0 Å². The third kappa shape index (κ3) is 6.18. The smallest absolute Gasteiger partial charge is 0.407 e. The molecule has 1 aromatic rings. The van der Waals surface area contributed by atoms with Crippen LogP contribution in [-0.4, -0.2) is 38.3 Å². The SMILES string of the molecule is CCOC(=O)NC(C(=O)NCCc1ccccc1OC)C(C)C. The van der Waals surface area contributed by atoms with Crippen molar-refractivity contribution in [2.24, 2.45) is 5.92 Å². The van der Waals surface area contributed by atoms with Crippen molar-refractivity contribution in [3.8, 4) is 5.75 Å². The highest BCUT2D eigenvalue weighted by molar-refractivity contribution is 5.85. The van der Waals surface area contributed by atoms with Crippen molar-refractivity contribution < 1.29 is 19.1 Å². The van der Waals surface area contributed by atoms with Crippen LogP contribution in [0, 0.1) is 5.92 Å². The fourth-order valence-corrected chi connectivity index (χ4v) is 2.17. The van der Waals surface area contributed by atoms with Crippen LogP contribution in [0.2, 0.25) is 0 Å². The van der Waals surface area contributed by atoms with E-state index in [0.717, 1.165) is 11.3 Å². The maximum atomic E-state index is 12.3. The molecule has 128 valence electrons. The number of carbonyl (C=O) groups excluding carboxylic acids is 2. The highest BCUT2D eigenvalue weighted by Crippen LogP contribution is 2.17. The number of methoxy groups -OCH3 is 1. The molecule has 0 spiro atoms. The van der Waals surface area contributed by atoms with Gasteiger partial charge in [-0.25, -0.2) is 4.79 Å². The Bertz CT molecular complexity index is 517. The Morgan fingerprint density at radius 3 is 2.52 bits per heavy atom. The summed E-state index contributed by atoms with van der Waals surface area (Å²) in [5, 5.41) is 5.44. The summed E-state index contributed by atoms with van der Waals surface area (Å²) in [6.45, 7) is 6.20. The highest BCUT2D eigenvalue weighted by Gasteiger charge is 2.24. The third-order valence-corrected chi connectivity index (χ3v) is 3.38. The van der Waals surface area contributed by atoms with Gasteiger partial charge in [-0.05, 0) is 30.9 Å². The molecule has 6 nitrogen and oxygen atoms in total. The van der Waals surface area contributed by atoms with Gasteiger partial charge in [0.1, 0.15) is 11.8 Å². The van der Waals surface area contributed by atoms with Gasteiger partial charge in [0, 0.05) is 6.54 Å². The van der Waals surface area contributed by atoms with Crippen LogP contribution in [0.1, 0.15) is 26.3 Å². The van der Waals surface area contributed by atoms with Crippen LogP contribution in [-0.2, 0) is 16.0 Å². The minimum atomic E-state index is -0.619. The molecule has 1 aromatic carbocycles. The summed E-state index contributed by atoms with van der Waals surface area (Å²) < 4.78 is 10.1. The monoisotopic (exact) mass is 322 g/mol. The lowest BCUT2D eigenvalue weighted by molar-refractivity contribution is -0.124. The Morgan fingerprint density at radius 2 is 1.91 bits per heavy atom. The van der Waals surface area contributed by atoms with Gasteiger partial charge in [-0.15, -0.1) is 0 Å². The van der Waals surface area contributed by atoms with Crippen molar-refractivity contribution in [3.05, 3.63) is 29.8 Å². The van der Waals surface area contributed by atoms with Crippen LogP contribution in [0.4, 0.5) is 4.79 Å². The van der Waals surface area contributed by atoms with E-state index in [2.05, 4.69) is 10.6 Å². The average molecular weight is 322 g/mol. The molecule has 2 N–H and O–H groups in total. The first-order valence-corrected chi connectivity index (χ1v) is 7.82. The van der Waals surface area contributed by atoms with Crippen LogP contribution < -0.4 is 15.4 Å². The molecule has 23 heavy (non-hydrogen) atoms. The predicted molar refractivity (Wildman–Crippen MR) is 88.5 cm³/mol.